The van der Waals surface area contributed by atoms with Gasteiger partial charge in [0.1, 0.15) is 23.0 Å². The van der Waals surface area contributed by atoms with Crippen molar-refractivity contribution in [1.29, 1.82) is 0 Å². The van der Waals surface area contributed by atoms with E-state index < -0.39 is 0 Å². The Kier molecular flexibility index (Phi) is 3.71. The highest BCUT2D eigenvalue weighted by Crippen LogP contribution is 2.40. The Balaban J connectivity index is 2.70. The lowest BCUT2D eigenvalue weighted by atomic mass is 10.0. The first-order valence-corrected chi connectivity index (χ1v) is 6.49. The molecule has 19 heavy (non-hydrogen) atoms. The van der Waals surface area contributed by atoms with Crippen LogP contribution in [0.3, 0.4) is 0 Å². The van der Waals surface area contributed by atoms with Gasteiger partial charge in [0.25, 0.3) is 0 Å². The van der Waals surface area contributed by atoms with Crippen molar-refractivity contribution in [2.75, 3.05) is 20.0 Å². The van der Waals surface area contributed by atoms with Gasteiger partial charge in [-0.15, -0.1) is 0 Å². The predicted octanol–water partition coefficient (Wildman–Crippen LogP) is 2.76. The van der Waals surface area contributed by atoms with E-state index in [0.29, 0.717) is 11.6 Å². The molecule has 2 N–H and O–H groups in total. The van der Waals surface area contributed by atoms with Crippen LogP contribution < -0.4 is 15.2 Å². The lowest BCUT2D eigenvalue weighted by molar-refractivity contribution is 0.394. The highest BCUT2D eigenvalue weighted by Gasteiger charge is 2.19. The van der Waals surface area contributed by atoms with Crippen LogP contribution in [0.4, 0.5) is 5.82 Å². The van der Waals surface area contributed by atoms with E-state index >= 15 is 0 Å². The molecule has 0 saturated heterocycles. The monoisotopic (exact) mass is 325 g/mol. The first kappa shape index (κ1) is 13.7. The Morgan fingerprint density at radius 3 is 2.42 bits per heavy atom. The zero-order valence-electron chi connectivity index (χ0n) is 11.3. The van der Waals surface area contributed by atoms with Gasteiger partial charge in [-0.25, -0.2) is 0 Å². The molecule has 102 valence electrons. The van der Waals surface area contributed by atoms with E-state index in [9.17, 15) is 0 Å². The standard InChI is InChI=1S/C13H16BrN3O2/c1-7-5-8(18-3)6-9(19-4)10(7)12-11(14)13(15)17(2)16-12/h5-6H,15H2,1-4H3. The molecule has 1 aromatic carbocycles. The zero-order valence-corrected chi connectivity index (χ0v) is 12.9. The number of aromatic nitrogens is 2. The summed E-state index contributed by atoms with van der Waals surface area (Å²) in [6.07, 6.45) is 0. The molecule has 0 atom stereocenters. The third-order valence-corrected chi connectivity index (χ3v) is 3.78. The average Bonchev–Trinajstić information content (AvgIpc) is 2.65. The first-order chi connectivity index (χ1) is 8.99. The van der Waals surface area contributed by atoms with Crippen molar-refractivity contribution < 1.29 is 9.47 Å². The molecule has 0 radical (unpaired) electrons. The number of hydrogen-bond acceptors (Lipinski definition) is 4. The summed E-state index contributed by atoms with van der Waals surface area (Å²) >= 11 is 3.48. The van der Waals surface area contributed by atoms with E-state index in [0.717, 1.165) is 27.0 Å². The second-order valence-electron chi connectivity index (χ2n) is 4.19. The molecule has 0 aliphatic carbocycles. The van der Waals surface area contributed by atoms with Gasteiger partial charge in [0.2, 0.25) is 0 Å². The zero-order chi connectivity index (χ0) is 14.2. The summed E-state index contributed by atoms with van der Waals surface area (Å²) in [4.78, 5) is 0. The van der Waals surface area contributed by atoms with Gasteiger partial charge < -0.3 is 15.2 Å². The molecular formula is C13H16BrN3O2. The highest BCUT2D eigenvalue weighted by molar-refractivity contribution is 9.10. The average molecular weight is 326 g/mol. The fourth-order valence-electron chi connectivity index (χ4n) is 1.98. The maximum atomic E-state index is 5.93. The summed E-state index contributed by atoms with van der Waals surface area (Å²) in [7, 11) is 5.05. The molecule has 2 aromatic rings. The van der Waals surface area contributed by atoms with Gasteiger partial charge in [-0.1, -0.05) is 0 Å². The number of halogens is 1. The minimum Gasteiger partial charge on any atom is -0.497 e. The van der Waals surface area contributed by atoms with Gasteiger partial charge >= 0.3 is 0 Å². The van der Waals surface area contributed by atoms with Crippen LogP contribution in [0.1, 0.15) is 5.56 Å². The Morgan fingerprint density at radius 1 is 1.26 bits per heavy atom. The maximum Gasteiger partial charge on any atom is 0.136 e. The number of nitrogens with two attached hydrogens (primary N) is 1. The topological polar surface area (TPSA) is 62.3 Å². The first-order valence-electron chi connectivity index (χ1n) is 5.70. The molecule has 0 saturated carbocycles. The molecular weight excluding hydrogens is 310 g/mol. The Labute approximate surface area is 120 Å². The summed E-state index contributed by atoms with van der Waals surface area (Å²) in [6.45, 7) is 1.98. The van der Waals surface area contributed by atoms with Crippen molar-refractivity contribution in [2.45, 2.75) is 6.92 Å². The third kappa shape index (κ3) is 2.28. The number of nitrogens with zero attached hydrogens (tertiary/aromatic N) is 2. The van der Waals surface area contributed by atoms with Crippen molar-refractivity contribution in [2.24, 2.45) is 7.05 Å². The molecule has 0 bridgehead atoms. The van der Waals surface area contributed by atoms with Crippen LogP contribution in [0.5, 0.6) is 11.5 Å². The van der Waals surface area contributed by atoms with Gasteiger partial charge in [-0.05, 0) is 34.5 Å². The number of anilines is 1. The second-order valence-corrected chi connectivity index (χ2v) is 4.99. The highest BCUT2D eigenvalue weighted by atomic mass is 79.9. The maximum absolute atomic E-state index is 5.93. The van der Waals surface area contributed by atoms with E-state index in [1.165, 1.54) is 0 Å². The van der Waals surface area contributed by atoms with Crippen molar-refractivity contribution in [3.8, 4) is 22.8 Å². The number of nitrogen functional groups attached to an aromatic ring is 1. The molecule has 0 aliphatic rings. The Morgan fingerprint density at radius 2 is 1.95 bits per heavy atom. The molecule has 0 spiro atoms. The lowest BCUT2D eigenvalue weighted by Crippen LogP contribution is -1.97. The number of methoxy groups -OCH3 is 2. The number of rotatable bonds is 3. The summed E-state index contributed by atoms with van der Waals surface area (Å²) in [5, 5.41) is 4.43. The molecule has 0 fully saturated rings. The van der Waals surface area contributed by atoms with E-state index in [1.54, 1.807) is 25.9 Å². The van der Waals surface area contributed by atoms with E-state index in [2.05, 4.69) is 21.0 Å². The molecule has 0 amide bonds. The Hall–Kier alpha value is -1.69. The van der Waals surface area contributed by atoms with Crippen LogP contribution >= 0.6 is 15.9 Å². The number of hydrogen-bond donors (Lipinski definition) is 1. The minimum atomic E-state index is 0.576. The number of aryl methyl sites for hydroxylation is 2. The smallest absolute Gasteiger partial charge is 0.136 e. The second kappa shape index (κ2) is 5.13. The van der Waals surface area contributed by atoms with Crippen molar-refractivity contribution in [3.63, 3.8) is 0 Å². The summed E-state index contributed by atoms with van der Waals surface area (Å²) in [5.41, 5.74) is 8.60. The lowest BCUT2D eigenvalue weighted by Gasteiger charge is -2.12. The number of ether oxygens (including phenoxy) is 2. The summed E-state index contributed by atoms with van der Waals surface area (Å²) < 4.78 is 13.1. The molecule has 6 heteroatoms. The van der Waals surface area contributed by atoms with Crippen molar-refractivity contribution >= 4 is 21.7 Å². The minimum absolute atomic E-state index is 0.576. The molecule has 5 nitrogen and oxygen atoms in total. The van der Waals surface area contributed by atoms with Gasteiger partial charge in [0.15, 0.2) is 0 Å². The molecule has 1 aromatic heterocycles. The quantitative estimate of drug-likeness (QED) is 0.942. The van der Waals surface area contributed by atoms with Crippen LogP contribution in [0.25, 0.3) is 11.3 Å². The van der Waals surface area contributed by atoms with Gasteiger partial charge in [0, 0.05) is 18.7 Å². The summed E-state index contributed by atoms with van der Waals surface area (Å²) in [6, 6.07) is 3.77. The molecule has 1 heterocycles. The SMILES string of the molecule is COc1cc(C)c(-c2nn(C)c(N)c2Br)c(OC)c1. The largest absolute Gasteiger partial charge is 0.497 e. The molecule has 2 rings (SSSR count). The van der Waals surface area contributed by atoms with E-state index in [1.807, 2.05) is 19.1 Å². The van der Waals surface area contributed by atoms with Gasteiger partial charge in [-0.3, -0.25) is 4.68 Å². The normalized spacial score (nSPS) is 10.6. The van der Waals surface area contributed by atoms with Crippen LogP contribution in [0.15, 0.2) is 16.6 Å². The fourth-order valence-corrected chi connectivity index (χ4v) is 2.51. The van der Waals surface area contributed by atoms with Crippen LogP contribution in [-0.2, 0) is 7.05 Å². The van der Waals surface area contributed by atoms with Crippen molar-refractivity contribution in [3.05, 3.63) is 22.2 Å². The van der Waals surface area contributed by atoms with Crippen LogP contribution in [-0.4, -0.2) is 24.0 Å². The Bertz CT molecular complexity index is 623. The fraction of sp³-hybridized carbons (Fsp3) is 0.308. The van der Waals surface area contributed by atoms with E-state index in [4.69, 9.17) is 15.2 Å². The molecule has 0 unspecified atom stereocenters. The summed E-state index contributed by atoms with van der Waals surface area (Å²) in [5.74, 6) is 2.03. The third-order valence-electron chi connectivity index (χ3n) is 3.00. The number of benzene rings is 1. The van der Waals surface area contributed by atoms with Gasteiger partial charge in [0.05, 0.1) is 18.7 Å². The predicted molar refractivity (Wildman–Crippen MR) is 78.6 cm³/mol. The molecule has 0 aliphatic heterocycles. The van der Waals surface area contributed by atoms with Crippen molar-refractivity contribution in [1.82, 2.24) is 9.78 Å². The van der Waals surface area contributed by atoms with Gasteiger partial charge in [-0.2, -0.15) is 5.10 Å². The van der Waals surface area contributed by atoms with Crippen LogP contribution in [0.2, 0.25) is 0 Å². The van der Waals surface area contributed by atoms with E-state index in [-0.39, 0.29) is 0 Å². The van der Waals surface area contributed by atoms with Crippen LogP contribution in [0, 0.1) is 6.92 Å².